The number of hydrogen-bond donors (Lipinski definition) is 1. The Morgan fingerprint density at radius 1 is 1.11 bits per heavy atom. The molecule has 0 bridgehead atoms. The number of para-hydroxylation sites is 2. The van der Waals surface area contributed by atoms with E-state index in [1.165, 1.54) is 22.7 Å². The van der Waals surface area contributed by atoms with Gasteiger partial charge in [-0.05, 0) is 79.1 Å². The number of carbonyl (C=O) groups excluding carboxylic acids is 1. The van der Waals surface area contributed by atoms with Crippen molar-refractivity contribution < 1.29 is 9.53 Å². The van der Waals surface area contributed by atoms with Crippen molar-refractivity contribution >= 4 is 57.1 Å². The van der Waals surface area contributed by atoms with E-state index < -0.39 is 0 Å². The number of ether oxygens (including phenoxy) is 1. The van der Waals surface area contributed by atoms with E-state index in [2.05, 4.69) is 24.0 Å². The molecule has 0 unspecified atom stereocenters. The summed E-state index contributed by atoms with van der Waals surface area (Å²) in [7, 11) is 0. The zero-order valence-corrected chi connectivity index (χ0v) is 22.4. The molecule has 1 saturated heterocycles. The van der Waals surface area contributed by atoms with Crippen LogP contribution in [0.15, 0.2) is 88.9 Å². The van der Waals surface area contributed by atoms with E-state index in [4.69, 9.17) is 21.3 Å². The fourth-order valence-electron chi connectivity index (χ4n) is 4.13. The van der Waals surface area contributed by atoms with Crippen molar-refractivity contribution in [2.45, 2.75) is 32.8 Å². The fourth-order valence-corrected chi connectivity index (χ4v) is 5.38. The summed E-state index contributed by atoms with van der Waals surface area (Å²) >= 11 is 7.88. The Labute approximate surface area is 226 Å². The SMILES string of the molecule is CC[C@H](C)Oc1ccc(/C=C2\SC(=Nc3ccccc3)N(CCc3c[nH]c4ccccc34)C2=O)cc1Cl. The predicted molar refractivity (Wildman–Crippen MR) is 155 cm³/mol. The molecule has 1 aliphatic rings. The number of nitrogens with one attached hydrogen (secondary N) is 1. The summed E-state index contributed by atoms with van der Waals surface area (Å²) in [5, 5.41) is 2.37. The molecule has 5 nitrogen and oxygen atoms in total. The highest BCUT2D eigenvalue weighted by atomic mass is 35.5. The van der Waals surface area contributed by atoms with Crippen LogP contribution in [0.1, 0.15) is 31.4 Å². The van der Waals surface area contributed by atoms with Crippen molar-refractivity contribution in [1.82, 2.24) is 9.88 Å². The van der Waals surface area contributed by atoms with E-state index in [-0.39, 0.29) is 12.0 Å². The second kappa shape index (κ2) is 11.3. The number of H-pyrrole nitrogens is 1. The van der Waals surface area contributed by atoms with Gasteiger partial charge in [0.2, 0.25) is 0 Å². The van der Waals surface area contributed by atoms with Crippen LogP contribution in [-0.4, -0.2) is 33.6 Å². The third kappa shape index (κ3) is 5.76. The van der Waals surface area contributed by atoms with Gasteiger partial charge in [0.25, 0.3) is 5.91 Å². The lowest BCUT2D eigenvalue weighted by molar-refractivity contribution is -0.122. The quantitative estimate of drug-likeness (QED) is 0.236. The molecule has 1 aromatic heterocycles. The average Bonchev–Trinajstić information content (AvgIpc) is 3.45. The van der Waals surface area contributed by atoms with Gasteiger partial charge >= 0.3 is 0 Å². The van der Waals surface area contributed by atoms with Crippen LogP contribution in [0.25, 0.3) is 17.0 Å². The zero-order valence-electron chi connectivity index (χ0n) is 20.8. The van der Waals surface area contributed by atoms with Gasteiger partial charge in [-0.15, -0.1) is 0 Å². The standard InChI is InChI=1S/C30H28ClN3O2S/c1-3-20(2)36-27-14-13-21(17-25(27)31)18-28-29(35)34(30(37-28)33-23-9-5-4-6-10-23)16-15-22-19-32-26-12-8-7-11-24(22)26/h4-14,17-20,32H,3,15-16H2,1-2H3/b28-18-,33-30?/t20-/m0/s1. The number of benzene rings is 3. The maximum absolute atomic E-state index is 13.6. The molecule has 0 radical (unpaired) electrons. The van der Waals surface area contributed by atoms with Crippen molar-refractivity contribution in [3.8, 4) is 5.75 Å². The van der Waals surface area contributed by atoms with Crippen LogP contribution in [-0.2, 0) is 11.2 Å². The molecule has 5 rings (SSSR count). The molecule has 1 amide bonds. The number of nitrogens with zero attached hydrogens (tertiary/aromatic N) is 2. The van der Waals surface area contributed by atoms with Crippen molar-refractivity contribution in [3.63, 3.8) is 0 Å². The minimum absolute atomic E-state index is 0.0597. The smallest absolute Gasteiger partial charge is 0.266 e. The van der Waals surface area contributed by atoms with Gasteiger partial charge in [0.15, 0.2) is 5.17 Å². The first-order valence-corrected chi connectivity index (χ1v) is 13.6. The van der Waals surface area contributed by atoms with E-state index in [1.807, 2.05) is 79.9 Å². The lowest BCUT2D eigenvalue weighted by atomic mass is 10.1. The minimum Gasteiger partial charge on any atom is -0.489 e. The van der Waals surface area contributed by atoms with Gasteiger partial charge in [-0.25, -0.2) is 4.99 Å². The molecule has 7 heteroatoms. The van der Waals surface area contributed by atoms with E-state index in [1.54, 1.807) is 4.90 Å². The van der Waals surface area contributed by atoms with E-state index in [9.17, 15) is 4.79 Å². The first kappa shape index (κ1) is 25.2. The Morgan fingerprint density at radius 2 is 1.89 bits per heavy atom. The summed E-state index contributed by atoms with van der Waals surface area (Å²) in [4.78, 5) is 24.1. The van der Waals surface area contributed by atoms with Gasteiger partial charge in [0.05, 0.1) is 21.7 Å². The van der Waals surface area contributed by atoms with Crippen molar-refractivity contribution in [2.24, 2.45) is 4.99 Å². The Kier molecular flexibility index (Phi) is 7.68. The molecule has 3 aromatic carbocycles. The topological polar surface area (TPSA) is 57.7 Å². The van der Waals surface area contributed by atoms with E-state index in [0.717, 1.165) is 23.2 Å². The fraction of sp³-hybridized carbons (Fsp3) is 0.200. The number of carbonyl (C=O) groups is 1. The summed E-state index contributed by atoms with van der Waals surface area (Å²) in [6.07, 6.45) is 5.58. The molecular formula is C30H28ClN3O2S. The highest BCUT2D eigenvalue weighted by molar-refractivity contribution is 8.18. The molecule has 1 atom stereocenters. The number of aromatic amines is 1. The third-order valence-corrected chi connectivity index (χ3v) is 7.61. The van der Waals surface area contributed by atoms with Gasteiger partial charge in [0.1, 0.15) is 5.75 Å². The van der Waals surface area contributed by atoms with Gasteiger partial charge in [-0.1, -0.05) is 61.0 Å². The van der Waals surface area contributed by atoms with Gasteiger partial charge < -0.3 is 9.72 Å². The number of aromatic nitrogens is 1. The number of aliphatic imine (C=N–C) groups is 1. The maximum Gasteiger partial charge on any atom is 0.266 e. The van der Waals surface area contributed by atoms with Crippen LogP contribution in [0.2, 0.25) is 5.02 Å². The van der Waals surface area contributed by atoms with Gasteiger partial charge in [-0.3, -0.25) is 9.69 Å². The summed E-state index contributed by atoms with van der Waals surface area (Å²) in [5.41, 5.74) is 3.92. The summed E-state index contributed by atoms with van der Waals surface area (Å²) in [6.45, 7) is 4.61. The molecule has 37 heavy (non-hydrogen) atoms. The van der Waals surface area contributed by atoms with Crippen LogP contribution in [0.3, 0.4) is 0 Å². The molecule has 1 N–H and O–H groups in total. The molecule has 0 aliphatic carbocycles. The minimum atomic E-state index is -0.0597. The monoisotopic (exact) mass is 529 g/mol. The molecule has 0 spiro atoms. The summed E-state index contributed by atoms with van der Waals surface area (Å²) < 4.78 is 5.88. The Hall–Kier alpha value is -3.48. The van der Waals surface area contributed by atoms with Crippen molar-refractivity contribution in [2.75, 3.05) is 6.54 Å². The van der Waals surface area contributed by atoms with Gasteiger partial charge in [0, 0.05) is 23.6 Å². The van der Waals surface area contributed by atoms with E-state index in [0.29, 0.717) is 33.8 Å². The van der Waals surface area contributed by atoms with Crippen LogP contribution in [0.5, 0.6) is 5.75 Å². The Balaban J connectivity index is 1.41. The number of thioether (sulfide) groups is 1. The zero-order chi connectivity index (χ0) is 25.8. The number of hydrogen-bond acceptors (Lipinski definition) is 4. The first-order valence-electron chi connectivity index (χ1n) is 12.4. The lowest BCUT2D eigenvalue weighted by Crippen LogP contribution is -2.31. The number of amidine groups is 1. The average molecular weight is 530 g/mol. The second-order valence-corrected chi connectivity index (χ2v) is 10.3. The largest absolute Gasteiger partial charge is 0.489 e. The molecular weight excluding hydrogens is 502 g/mol. The molecule has 1 fully saturated rings. The first-order chi connectivity index (χ1) is 18.0. The Bertz CT molecular complexity index is 1480. The molecule has 188 valence electrons. The third-order valence-electron chi connectivity index (χ3n) is 6.31. The Morgan fingerprint density at radius 3 is 2.68 bits per heavy atom. The second-order valence-electron chi connectivity index (χ2n) is 8.93. The molecule has 0 saturated carbocycles. The molecule has 4 aromatic rings. The highest BCUT2D eigenvalue weighted by Crippen LogP contribution is 2.36. The van der Waals surface area contributed by atoms with E-state index >= 15 is 0 Å². The maximum atomic E-state index is 13.6. The highest BCUT2D eigenvalue weighted by Gasteiger charge is 2.33. The molecule has 2 heterocycles. The molecule has 1 aliphatic heterocycles. The van der Waals surface area contributed by atoms with Crippen LogP contribution in [0.4, 0.5) is 5.69 Å². The number of amides is 1. The predicted octanol–water partition coefficient (Wildman–Crippen LogP) is 7.85. The summed E-state index contributed by atoms with van der Waals surface area (Å²) in [5.74, 6) is 0.589. The van der Waals surface area contributed by atoms with Gasteiger partial charge in [-0.2, -0.15) is 0 Å². The normalized spacial score (nSPS) is 16.7. The van der Waals surface area contributed by atoms with Crippen LogP contribution in [0, 0.1) is 0 Å². The summed E-state index contributed by atoms with van der Waals surface area (Å²) in [6, 6.07) is 23.5. The number of fused-ring (bicyclic) bond motifs is 1. The number of halogens is 1. The number of rotatable bonds is 8. The van der Waals surface area contributed by atoms with Crippen LogP contribution >= 0.6 is 23.4 Å². The van der Waals surface area contributed by atoms with Crippen LogP contribution < -0.4 is 4.74 Å². The van der Waals surface area contributed by atoms with Crippen molar-refractivity contribution in [3.05, 3.63) is 100 Å². The lowest BCUT2D eigenvalue weighted by Gasteiger charge is -2.15. The van der Waals surface area contributed by atoms with Crippen molar-refractivity contribution in [1.29, 1.82) is 0 Å².